The topological polar surface area (TPSA) is 46.3 Å². The van der Waals surface area contributed by atoms with Gasteiger partial charge in [0.15, 0.2) is 0 Å². The van der Waals surface area contributed by atoms with Gasteiger partial charge in [-0.25, -0.2) is 0 Å². The third kappa shape index (κ3) is 2.69. The third-order valence-electron chi connectivity index (χ3n) is 5.17. The molecule has 2 aliphatic rings. The molecule has 1 amide bonds. The fraction of sp³-hybridized carbons (Fsp3) is 0.529. The molecular formula is C17H22N2OS. The first kappa shape index (κ1) is 14.5. The van der Waals surface area contributed by atoms with E-state index < -0.39 is 0 Å². The van der Waals surface area contributed by atoms with Gasteiger partial charge in [0.2, 0.25) is 5.91 Å². The van der Waals surface area contributed by atoms with Crippen LogP contribution in [0.15, 0.2) is 24.3 Å². The van der Waals surface area contributed by atoms with Crippen molar-refractivity contribution in [2.75, 3.05) is 13.1 Å². The molecule has 4 heteroatoms. The van der Waals surface area contributed by atoms with Crippen LogP contribution in [0.1, 0.15) is 30.9 Å². The van der Waals surface area contributed by atoms with Crippen LogP contribution in [0.5, 0.6) is 0 Å². The Morgan fingerprint density at radius 3 is 2.24 bits per heavy atom. The summed E-state index contributed by atoms with van der Waals surface area (Å²) in [6.07, 6.45) is 3.54. The predicted molar refractivity (Wildman–Crippen MR) is 88.0 cm³/mol. The van der Waals surface area contributed by atoms with Crippen molar-refractivity contribution < 1.29 is 4.79 Å². The van der Waals surface area contributed by atoms with Crippen LogP contribution in [0, 0.1) is 11.3 Å². The number of fused-ring (bicyclic) bond motifs is 1. The van der Waals surface area contributed by atoms with Crippen molar-refractivity contribution in [3.63, 3.8) is 0 Å². The first-order valence-electron chi connectivity index (χ1n) is 7.65. The Morgan fingerprint density at radius 2 is 1.76 bits per heavy atom. The highest BCUT2D eigenvalue weighted by atomic mass is 32.1. The van der Waals surface area contributed by atoms with E-state index in [0.29, 0.717) is 10.9 Å². The van der Waals surface area contributed by atoms with Crippen molar-refractivity contribution in [2.45, 2.75) is 32.6 Å². The highest BCUT2D eigenvalue weighted by molar-refractivity contribution is 7.80. The minimum absolute atomic E-state index is 0.0786. The van der Waals surface area contributed by atoms with Crippen LogP contribution in [0.25, 0.3) is 0 Å². The van der Waals surface area contributed by atoms with Crippen molar-refractivity contribution >= 4 is 23.1 Å². The van der Waals surface area contributed by atoms with Gasteiger partial charge in [0.05, 0.1) is 4.99 Å². The summed E-state index contributed by atoms with van der Waals surface area (Å²) in [6, 6.07) is 8.39. The second-order valence-electron chi connectivity index (χ2n) is 6.62. The van der Waals surface area contributed by atoms with Crippen LogP contribution in [0.4, 0.5) is 0 Å². The maximum Gasteiger partial charge on any atom is 0.226 e. The standard InChI is InChI=1S/C17H22N2OS/c1-17(16(18)21)6-8-19(9-7-17)15(20)14-10-12-4-2-3-5-13(12)11-14/h2-5,14H,6-11H2,1H3,(H2,18,21). The normalized spacial score (nSPS) is 21.1. The number of thiocarbonyl (C=S) groups is 1. The quantitative estimate of drug-likeness (QED) is 0.853. The van der Waals surface area contributed by atoms with Gasteiger partial charge < -0.3 is 10.6 Å². The highest BCUT2D eigenvalue weighted by Crippen LogP contribution is 2.33. The Morgan fingerprint density at radius 1 is 1.24 bits per heavy atom. The minimum atomic E-state index is -0.0786. The summed E-state index contributed by atoms with van der Waals surface area (Å²) in [5.41, 5.74) is 8.42. The number of hydrogen-bond acceptors (Lipinski definition) is 2. The first-order valence-corrected chi connectivity index (χ1v) is 8.06. The number of hydrogen-bond donors (Lipinski definition) is 1. The number of carbonyl (C=O) groups is 1. The fourth-order valence-electron chi connectivity index (χ4n) is 3.46. The zero-order valence-corrected chi connectivity index (χ0v) is 13.3. The summed E-state index contributed by atoms with van der Waals surface area (Å²) in [6.45, 7) is 3.67. The van der Waals surface area contributed by atoms with E-state index in [1.807, 2.05) is 4.90 Å². The molecule has 2 N–H and O–H groups in total. The molecule has 112 valence electrons. The molecule has 0 bridgehead atoms. The second kappa shape index (κ2) is 5.41. The Bertz CT molecular complexity index is 551. The molecule has 0 saturated carbocycles. The Kier molecular flexibility index (Phi) is 3.74. The summed E-state index contributed by atoms with van der Waals surface area (Å²) in [5.74, 6) is 0.424. The van der Waals surface area contributed by atoms with E-state index in [1.54, 1.807) is 0 Å². The van der Waals surface area contributed by atoms with Crippen LogP contribution >= 0.6 is 12.2 Å². The molecule has 3 rings (SSSR count). The fourth-order valence-corrected chi connectivity index (χ4v) is 3.66. The molecular weight excluding hydrogens is 280 g/mol. The molecule has 0 radical (unpaired) electrons. The molecule has 0 unspecified atom stereocenters. The van der Waals surface area contributed by atoms with E-state index in [-0.39, 0.29) is 11.3 Å². The number of nitrogens with zero attached hydrogens (tertiary/aromatic N) is 1. The molecule has 1 aromatic rings. The lowest BCUT2D eigenvalue weighted by molar-refractivity contribution is -0.136. The van der Waals surface area contributed by atoms with Crippen molar-refractivity contribution in [1.82, 2.24) is 4.90 Å². The van der Waals surface area contributed by atoms with E-state index in [4.69, 9.17) is 18.0 Å². The molecule has 1 saturated heterocycles. The average molecular weight is 302 g/mol. The lowest BCUT2D eigenvalue weighted by Crippen LogP contribution is -2.48. The molecule has 3 nitrogen and oxygen atoms in total. The largest absolute Gasteiger partial charge is 0.393 e. The van der Waals surface area contributed by atoms with Gasteiger partial charge in [0.25, 0.3) is 0 Å². The van der Waals surface area contributed by atoms with Gasteiger partial charge in [-0.1, -0.05) is 43.4 Å². The molecule has 1 aliphatic carbocycles. The van der Waals surface area contributed by atoms with Crippen LogP contribution in [-0.4, -0.2) is 28.9 Å². The van der Waals surface area contributed by atoms with Gasteiger partial charge in [0, 0.05) is 24.4 Å². The molecule has 1 aliphatic heterocycles. The van der Waals surface area contributed by atoms with Gasteiger partial charge in [-0.2, -0.15) is 0 Å². The molecule has 0 aromatic heterocycles. The van der Waals surface area contributed by atoms with Gasteiger partial charge in [-0.15, -0.1) is 0 Å². The number of nitrogens with two attached hydrogens (primary N) is 1. The predicted octanol–water partition coefficient (Wildman–Crippen LogP) is 2.32. The summed E-state index contributed by atoms with van der Waals surface area (Å²) in [7, 11) is 0. The van der Waals surface area contributed by atoms with Gasteiger partial charge in [0.1, 0.15) is 0 Å². The zero-order chi connectivity index (χ0) is 15.0. The number of amides is 1. The van der Waals surface area contributed by atoms with Crippen LogP contribution < -0.4 is 5.73 Å². The number of benzene rings is 1. The van der Waals surface area contributed by atoms with Crippen molar-refractivity contribution in [3.05, 3.63) is 35.4 Å². The van der Waals surface area contributed by atoms with Crippen LogP contribution in [0.3, 0.4) is 0 Å². The summed E-state index contributed by atoms with van der Waals surface area (Å²) in [4.78, 5) is 15.3. The average Bonchev–Trinajstić information content (AvgIpc) is 2.91. The SMILES string of the molecule is CC1(C(N)=S)CCN(C(=O)C2Cc3ccccc3C2)CC1. The van der Waals surface area contributed by atoms with Crippen LogP contribution in [-0.2, 0) is 17.6 Å². The second-order valence-corrected chi connectivity index (χ2v) is 7.06. The number of piperidine rings is 1. The monoisotopic (exact) mass is 302 g/mol. The molecule has 1 heterocycles. The minimum Gasteiger partial charge on any atom is -0.393 e. The maximum atomic E-state index is 12.7. The van der Waals surface area contributed by atoms with Gasteiger partial charge in [-0.05, 0) is 36.8 Å². The molecule has 1 fully saturated rings. The smallest absolute Gasteiger partial charge is 0.226 e. The summed E-state index contributed by atoms with van der Waals surface area (Å²) >= 11 is 5.16. The third-order valence-corrected chi connectivity index (χ3v) is 5.67. The van der Waals surface area contributed by atoms with E-state index >= 15 is 0 Å². The first-order chi connectivity index (χ1) is 9.99. The zero-order valence-electron chi connectivity index (χ0n) is 12.5. The molecule has 0 spiro atoms. The van der Waals surface area contributed by atoms with E-state index in [0.717, 1.165) is 38.8 Å². The Balaban J connectivity index is 1.63. The lowest BCUT2D eigenvalue weighted by atomic mass is 9.80. The number of carbonyl (C=O) groups excluding carboxylic acids is 1. The lowest BCUT2D eigenvalue weighted by Gasteiger charge is -2.39. The van der Waals surface area contributed by atoms with Crippen molar-refractivity contribution in [3.8, 4) is 0 Å². The molecule has 1 aromatic carbocycles. The Labute approximate surface area is 131 Å². The van der Waals surface area contributed by atoms with E-state index in [9.17, 15) is 4.79 Å². The van der Waals surface area contributed by atoms with Gasteiger partial charge >= 0.3 is 0 Å². The number of rotatable bonds is 2. The molecule has 0 atom stereocenters. The van der Waals surface area contributed by atoms with Crippen molar-refractivity contribution in [1.29, 1.82) is 0 Å². The van der Waals surface area contributed by atoms with Crippen LogP contribution in [0.2, 0.25) is 0 Å². The maximum absolute atomic E-state index is 12.7. The summed E-state index contributed by atoms with van der Waals surface area (Å²) in [5, 5.41) is 0. The Hall–Kier alpha value is -1.42. The van der Waals surface area contributed by atoms with Gasteiger partial charge in [-0.3, -0.25) is 4.79 Å². The van der Waals surface area contributed by atoms with E-state index in [1.165, 1.54) is 11.1 Å². The highest BCUT2D eigenvalue weighted by Gasteiger charge is 2.37. The molecule has 21 heavy (non-hydrogen) atoms. The van der Waals surface area contributed by atoms with E-state index in [2.05, 4.69) is 31.2 Å². The summed E-state index contributed by atoms with van der Waals surface area (Å²) < 4.78 is 0. The van der Waals surface area contributed by atoms with Crippen molar-refractivity contribution in [2.24, 2.45) is 17.1 Å². The number of likely N-dealkylation sites (tertiary alicyclic amines) is 1.